The van der Waals surface area contributed by atoms with Crippen LogP contribution >= 0.6 is 47.8 Å². The van der Waals surface area contributed by atoms with Gasteiger partial charge in [0.15, 0.2) is 31.4 Å². The van der Waals surface area contributed by atoms with Gasteiger partial charge >= 0.3 is 36.0 Å². The molecule has 84 heavy (non-hydrogen) atoms. The van der Waals surface area contributed by atoms with Crippen molar-refractivity contribution >= 4 is 82.3 Å². The molecule has 0 radical (unpaired) electrons. The summed E-state index contributed by atoms with van der Waals surface area (Å²) in [4.78, 5) is 67.4. The van der Waals surface area contributed by atoms with E-state index in [1.54, 1.807) is 69.2 Å². The number of hydrogen-bond acceptors (Lipinski definition) is 18. The molecule has 2 aliphatic heterocycles. The van der Waals surface area contributed by atoms with Crippen LogP contribution in [0.1, 0.15) is 137 Å². The van der Waals surface area contributed by atoms with Crippen molar-refractivity contribution in [2.45, 2.75) is 187 Å². The van der Waals surface area contributed by atoms with Crippen molar-refractivity contribution in [3.05, 3.63) is 0 Å². The third kappa shape index (κ3) is 38.6. The summed E-state index contributed by atoms with van der Waals surface area (Å²) in [6.45, 7) is 16.6. The van der Waals surface area contributed by atoms with Gasteiger partial charge in [0.1, 0.15) is 45.6 Å². The number of alkyl halides is 13. The van der Waals surface area contributed by atoms with Gasteiger partial charge in [-0.25, -0.2) is 35.1 Å². The van der Waals surface area contributed by atoms with Gasteiger partial charge in [-0.05, 0) is 99.0 Å². The van der Waals surface area contributed by atoms with Crippen LogP contribution in [0.5, 0.6) is 0 Å². The highest BCUT2D eigenvalue weighted by molar-refractivity contribution is 9.20. The number of carbonyl (C=O) groups is 6. The largest absolute Gasteiger partial charge is 0.481 e. The van der Waals surface area contributed by atoms with Crippen LogP contribution in [0.4, 0.5) is 48.3 Å². The van der Waals surface area contributed by atoms with Gasteiger partial charge in [-0.3, -0.25) is 28.8 Å². The molecule has 2 aliphatic rings. The maximum absolute atomic E-state index is 13.0. The van der Waals surface area contributed by atoms with E-state index in [-0.39, 0.29) is 45.0 Å². The Morgan fingerprint density at radius 1 is 0.464 bits per heavy atom. The molecule has 1 unspecified atom stereocenters. The van der Waals surface area contributed by atoms with Crippen molar-refractivity contribution in [1.29, 1.82) is 0 Å². The molecular weight excluding hydrogens is 1370 g/mol. The first-order valence-corrected chi connectivity index (χ1v) is 27.3. The number of aliphatic carboxylic acids is 1. The fourth-order valence-corrected chi connectivity index (χ4v) is 4.29. The molecule has 502 valence electrons. The van der Waals surface area contributed by atoms with Gasteiger partial charge in [-0.1, -0.05) is 60.1 Å². The predicted octanol–water partition coefficient (Wildman–Crippen LogP) is 10.4. The molecule has 1 atom stereocenters. The first-order valence-electron chi connectivity index (χ1n) is 24.9. The van der Waals surface area contributed by atoms with Crippen molar-refractivity contribution in [3.8, 4) is 0 Å². The van der Waals surface area contributed by atoms with Crippen LogP contribution in [0.15, 0.2) is 0 Å². The molecule has 33 heteroatoms. The third-order valence-electron chi connectivity index (χ3n) is 11.0. The average molecular weight is 1450 g/mol. The summed E-state index contributed by atoms with van der Waals surface area (Å²) in [5.41, 5.74) is -5.03. The maximum atomic E-state index is 13.0. The number of carboxylic acids is 1. The van der Waals surface area contributed by atoms with E-state index in [0.29, 0.717) is 0 Å². The molecule has 2 fully saturated rings. The van der Waals surface area contributed by atoms with Crippen molar-refractivity contribution < 1.29 is 140 Å². The van der Waals surface area contributed by atoms with E-state index in [9.17, 15) is 82.2 Å². The van der Waals surface area contributed by atoms with Gasteiger partial charge in [0.25, 0.3) is 23.7 Å². The van der Waals surface area contributed by atoms with E-state index < -0.39 is 174 Å². The fraction of sp³-hybridized carbons (Fsp3) is 0.882. The molecule has 0 bridgehead atoms. The molecule has 0 spiro atoms. The normalized spacial score (nSPS) is 17.3. The second-order valence-corrected chi connectivity index (χ2v) is 26.6. The van der Waals surface area contributed by atoms with Gasteiger partial charge < -0.3 is 63.4 Å². The predicted molar refractivity (Wildman–Crippen MR) is 292 cm³/mol. The zero-order valence-corrected chi connectivity index (χ0v) is 53.8. The molecule has 0 aromatic heterocycles. The summed E-state index contributed by atoms with van der Waals surface area (Å²) in [7, 11) is 0. The first-order chi connectivity index (χ1) is 36.9. The Hall–Kier alpha value is -2.63. The summed E-state index contributed by atoms with van der Waals surface area (Å²) in [5.74, 6) is -18.9. The molecule has 2 heterocycles. The molecule has 0 aromatic rings. The van der Waals surface area contributed by atoms with E-state index in [2.05, 4.69) is 62.0 Å². The minimum absolute atomic E-state index is 0. The topological polar surface area (TPSA) is 277 Å². The lowest BCUT2D eigenvalue weighted by atomic mass is 9.92. The number of hydrogen-bond donors (Lipinski definition) is 5. The summed E-state index contributed by atoms with van der Waals surface area (Å²) >= 11 is 9.04. The van der Waals surface area contributed by atoms with Gasteiger partial charge in [0, 0.05) is 19.3 Å². The van der Waals surface area contributed by atoms with Crippen LogP contribution in [0, 0.1) is 21.7 Å². The van der Waals surface area contributed by atoms with Crippen LogP contribution in [-0.4, -0.2) is 189 Å². The van der Waals surface area contributed by atoms with Gasteiger partial charge in [0.05, 0.1) is 50.6 Å². The van der Waals surface area contributed by atoms with Crippen LogP contribution in [0.2, 0.25) is 0 Å². The van der Waals surface area contributed by atoms with Crippen molar-refractivity contribution in [3.63, 3.8) is 0 Å². The molecule has 2 saturated heterocycles. The molecule has 2 rings (SSSR count). The fourth-order valence-electron chi connectivity index (χ4n) is 4.18. The summed E-state index contributed by atoms with van der Waals surface area (Å²) in [5, 5.41) is 43.4. The summed E-state index contributed by atoms with van der Waals surface area (Å²) in [6.07, 6.45) is -8.46. The van der Waals surface area contributed by atoms with E-state index >= 15 is 0 Å². The van der Waals surface area contributed by atoms with E-state index in [0.717, 1.165) is 0 Å². The highest BCUT2D eigenvalue weighted by Crippen LogP contribution is 2.34. The Balaban J connectivity index is -0.000000305. The SMILES string of the molecule is C.CC(C)(Br)C(=O)Br.CC1(C)OCC(C)(C(=O)O)CO1.CCC(F)(F)COC(=O)C(C)(CO)CO.CCC(F)(F)COC(=O)C(C)(CO)COC(=O)C(C)(C)Br.CCC(F)(F)COC(=O)C1(C)COC(C)(C)OC1.OCC(F)(F)CC(F)(F)F. The number of esters is 4. The highest BCUT2D eigenvalue weighted by Gasteiger charge is 2.46. The molecule has 0 saturated carbocycles. The highest BCUT2D eigenvalue weighted by atomic mass is 79.9. The standard InChI is InChI=1S/C13H21BrF2O5.C12H20F2O4.C9H16F2O4.C8H14O4.C4H6Br2O.C4H5F5O.CH4/c1-5-13(15,16)8-21-10(19)12(4,6-17)7-20-9(18)11(2,3)14;1-5-12(13,14)8-16-9(15)11(4)6-17-10(2,3)18-7-11;1-3-9(10,11)6-15-7(14)8(2,4-12)5-13;1-7(2)11-4-8(3,5-12-7)6(9)10;1-4(2,6)3(5)7;5-3(6,2-10)1-4(7,8)9;/h17H,5-8H2,1-4H3;5-8H2,1-4H3;12-13H,3-6H2,1-2H3;4-5H2,1-3H3,(H,9,10);1-2H3;10H,1-2H2;1H4. The summed E-state index contributed by atoms with van der Waals surface area (Å²) in [6, 6.07) is 0. The van der Waals surface area contributed by atoms with Crippen LogP contribution in [0.3, 0.4) is 0 Å². The molecule has 5 N–H and O–H groups in total. The Labute approximate surface area is 508 Å². The number of ether oxygens (including phenoxy) is 8. The molecule has 19 nitrogen and oxygen atoms in total. The number of carboxylic acid groups (broad SMARTS) is 1. The minimum atomic E-state index is -4.92. The van der Waals surface area contributed by atoms with Gasteiger partial charge in [-0.2, -0.15) is 13.2 Å². The Morgan fingerprint density at radius 3 is 0.988 bits per heavy atom. The third-order valence-corrected chi connectivity index (χ3v) is 13.2. The number of aliphatic hydroxyl groups excluding tert-OH is 4. The van der Waals surface area contributed by atoms with Crippen LogP contribution < -0.4 is 0 Å². The molecular formula is C51H86Br3F11O19. The second kappa shape index (κ2) is 36.8. The quantitative estimate of drug-likeness (QED) is 0.0221. The number of aliphatic hydroxyl groups is 4. The lowest BCUT2D eigenvalue weighted by molar-refractivity contribution is -0.282. The Kier molecular flexibility index (Phi) is 39.4. The average Bonchev–Trinajstić information content (AvgIpc) is 3.37. The van der Waals surface area contributed by atoms with Crippen molar-refractivity contribution in [1.82, 2.24) is 0 Å². The van der Waals surface area contributed by atoms with Gasteiger partial charge in [0.2, 0.25) is 4.69 Å². The lowest BCUT2D eigenvalue weighted by Crippen LogP contribution is -2.50. The number of halogens is 14. The Morgan fingerprint density at radius 2 is 0.750 bits per heavy atom. The second-order valence-electron chi connectivity index (χ2n) is 21.9. The maximum Gasteiger partial charge on any atom is 0.394 e. The van der Waals surface area contributed by atoms with Crippen LogP contribution in [0.25, 0.3) is 0 Å². The monoisotopic (exact) mass is 1450 g/mol. The van der Waals surface area contributed by atoms with Crippen molar-refractivity contribution in [2.75, 3.05) is 79.3 Å². The number of carbonyl (C=O) groups excluding carboxylic acids is 5. The van der Waals surface area contributed by atoms with Crippen molar-refractivity contribution in [2.24, 2.45) is 21.7 Å². The smallest absolute Gasteiger partial charge is 0.394 e. The minimum Gasteiger partial charge on any atom is -0.481 e. The summed E-state index contributed by atoms with van der Waals surface area (Å²) < 4.78 is 172. The van der Waals surface area contributed by atoms with Gasteiger partial charge in [-0.15, -0.1) is 0 Å². The Bertz CT molecular complexity index is 1980. The first kappa shape index (κ1) is 90.1. The number of rotatable bonds is 22. The lowest BCUT2D eigenvalue weighted by Gasteiger charge is -2.39. The molecule has 0 aliphatic carbocycles. The molecule has 0 aromatic carbocycles. The van der Waals surface area contributed by atoms with E-state index in [1.807, 2.05) is 0 Å². The van der Waals surface area contributed by atoms with E-state index in [4.69, 9.17) is 44.1 Å². The van der Waals surface area contributed by atoms with E-state index in [1.165, 1.54) is 34.6 Å². The zero-order valence-electron chi connectivity index (χ0n) is 49.1. The zero-order chi connectivity index (χ0) is 66.9. The van der Waals surface area contributed by atoms with Crippen LogP contribution in [-0.2, 0) is 66.7 Å². The molecule has 0 amide bonds.